The van der Waals surface area contributed by atoms with Crippen LogP contribution in [-0.2, 0) is 27.9 Å². The first-order chi connectivity index (χ1) is 18.2. The fourth-order valence-corrected chi connectivity index (χ4v) is 4.14. The number of hydrogen-bond donors (Lipinski definition) is 4. The van der Waals surface area contributed by atoms with Crippen molar-refractivity contribution in [1.82, 2.24) is 5.32 Å². The fourth-order valence-electron chi connectivity index (χ4n) is 3.78. The molecule has 1 aliphatic rings. The van der Waals surface area contributed by atoms with Crippen molar-refractivity contribution >= 4 is 22.7 Å². The van der Waals surface area contributed by atoms with Crippen LogP contribution in [0.15, 0.2) is 47.4 Å². The lowest BCUT2D eigenvalue weighted by molar-refractivity contribution is -0.376. The van der Waals surface area contributed by atoms with Gasteiger partial charge in [0.05, 0.1) is 5.60 Å². The zero-order valence-electron chi connectivity index (χ0n) is 21.3. The van der Waals surface area contributed by atoms with Crippen molar-refractivity contribution < 1.29 is 54.5 Å². The summed E-state index contributed by atoms with van der Waals surface area (Å²) in [7, 11) is 0. The maximum atomic E-state index is 13.1. The lowest BCUT2D eigenvalue weighted by Gasteiger charge is -2.34. The number of hydrogen-bond acceptors (Lipinski definition) is 6. The number of carbonyl (C=O) groups excluding carboxylic acids is 1. The summed E-state index contributed by atoms with van der Waals surface area (Å²) in [6.45, 7) is 3.47. The highest BCUT2D eigenvalue weighted by atomic mass is 32.2. The second-order valence-electron chi connectivity index (χ2n) is 9.76. The highest BCUT2D eigenvalue weighted by molar-refractivity contribution is 7.79. The Bertz CT molecular complexity index is 1170. The maximum Gasteiger partial charge on any atom is 0.430 e. The Morgan fingerprint density at radius 2 is 1.62 bits per heavy atom. The van der Waals surface area contributed by atoms with Crippen LogP contribution in [0.25, 0.3) is 0 Å². The van der Waals surface area contributed by atoms with Crippen molar-refractivity contribution in [1.29, 1.82) is 0 Å². The number of fused-ring (bicyclic) bond motifs is 1. The molecule has 4 N–H and O–H groups in total. The van der Waals surface area contributed by atoms with Crippen molar-refractivity contribution in [2.45, 2.75) is 74.0 Å². The number of anilines is 1. The van der Waals surface area contributed by atoms with E-state index < -0.39 is 46.0 Å². The number of amides is 1. The Morgan fingerprint density at radius 1 is 1.05 bits per heavy atom. The van der Waals surface area contributed by atoms with Gasteiger partial charge >= 0.3 is 12.4 Å². The normalized spacial score (nSPS) is 16.6. The van der Waals surface area contributed by atoms with Gasteiger partial charge in [-0.25, -0.2) is 4.39 Å². The van der Waals surface area contributed by atoms with Crippen LogP contribution in [0.1, 0.15) is 44.2 Å². The minimum atomic E-state index is -5.94. The highest BCUT2D eigenvalue weighted by Crippen LogP contribution is 2.50. The summed E-state index contributed by atoms with van der Waals surface area (Å²) in [5.74, 6) is -0.727. The molecule has 2 aromatic rings. The second-order valence-corrected chi connectivity index (χ2v) is 10.7. The van der Waals surface area contributed by atoms with Gasteiger partial charge in [-0.05, 0) is 80.1 Å². The molecule has 0 aromatic heterocycles. The van der Waals surface area contributed by atoms with Gasteiger partial charge in [-0.3, -0.25) is 9.00 Å². The summed E-state index contributed by atoms with van der Waals surface area (Å²) in [6.07, 6.45) is -11.0. The van der Waals surface area contributed by atoms with Crippen LogP contribution in [0.4, 0.5) is 36.4 Å². The summed E-state index contributed by atoms with van der Waals surface area (Å²) in [4.78, 5) is 12.1. The molecule has 0 spiro atoms. The van der Waals surface area contributed by atoms with Crippen LogP contribution in [0.3, 0.4) is 0 Å². The number of aliphatic hydroxyl groups is 2. The van der Waals surface area contributed by atoms with Crippen LogP contribution in [0.5, 0.6) is 0 Å². The first-order valence-electron chi connectivity index (χ1n) is 11.8. The van der Waals surface area contributed by atoms with Gasteiger partial charge in [0, 0.05) is 35.2 Å². The quantitative estimate of drug-likeness (QED) is 0.275. The SMILES string of the molecule is CC(C)(O)CCNC(=O)CC1CCc2cc(C(O)(C(F)(F)F)C(F)(F)F)ccc2N1.O=S([O-])c1ccc(F)cc1. The number of rotatable bonds is 7. The maximum absolute atomic E-state index is 13.1. The number of benzene rings is 2. The Hall–Kier alpha value is -2.75. The van der Waals surface area contributed by atoms with Gasteiger partial charge in [0.1, 0.15) is 5.82 Å². The third-order valence-electron chi connectivity index (χ3n) is 5.96. The minimum absolute atomic E-state index is 0.0576. The topological polar surface area (TPSA) is 122 Å². The third kappa shape index (κ3) is 8.88. The van der Waals surface area contributed by atoms with Gasteiger partial charge in [-0.2, -0.15) is 26.3 Å². The zero-order valence-corrected chi connectivity index (χ0v) is 22.1. The number of halogens is 7. The number of alkyl halides is 6. The number of carbonyl (C=O) groups is 1. The van der Waals surface area contributed by atoms with Gasteiger partial charge in [-0.1, -0.05) is 12.1 Å². The molecule has 2 atom stereocenters. The van der Waals surface area contributed by atoms with E-state index in [1.165, 1.54) is 12.1 Å². The largest absolute Gasteiger partial charge is 0.768 e. The summed E-state index contributed by atoms with van der Waals surface area (Å²) >= 11 is -2.25. The Balaban J connectivity index is 0.000000469. The molecule has 0 aliphatic carbocycles. The van der Waals surface area contributed by atoms with Crippen LogP contribution in [0.2, 0.25) is 0 Å². The Kier molecular flexibility index (Phi) is 10.7. The molecule has 0 saturated carbocycles. The van der Waals surface area contributed by atoms with Gasteiger partial charge in [-0.15, -0.1) is 0 Å². The van der Waals surface area contributed by atoms with E-state index in [9.17, 15) is 54.5 Å². The standard InChI is InChI=1S/C19H24F6N2O3.C6H5FO2S/c1-16(2,29)7-8-26-15(28)10-13-5-3-11-9-12(4-6-14(11)27-13)17(30,18(20,21)22)19(23,24)25;7-5-1-3-6(4-2-5)10(8)9/h4,6,9,13,27,29-30H,3,5,7-8,10H2,1-2H3,(H,26,28);1-4H,(H,8,9)/p-1. The summed E-state index contributed by atoms with van der Waals surface area (Å²) in [5, 5.41) is 24.7. The molecule has 1 aliphatic heterocycles. The first-order valence-corrected chi connectivity index (χ1v) is 12.9. The molecular weight excluding hydrogens is 573 g/mol. The van der Waals surface area contributed by atoms with Crippen LogP contribution in [-0.4, -0.2) is 55.4 Å². The molecule has 0 bridgehead atoms. The Morgan fingerprint density at radius 3 is 2.12 bits per heavy atom. The van der Waals surface area contributed by atoms with Crippen LogP contribution < -0.4 is 10.6 Å². The van der Waals surface area contributed by atoms with Crippen molar-refractivity contribution in [2.75, 3.05) is 11.9 Å². The van der Waals surface area contributed by atoms with Gasteiger partial charge < -0.3 is 25.4 Å². The molecule has 7 nitrogen and oxygen atoms in total. The molecule has 0 radical (unpaired) electrons. The van der Waals surface area contributed by atoms with E-state index in [0.717, 1.165) is 18.2 Å². The van der Waals surface area contributed by atoms with E-state index in [4.69, 9.17) is 0 Å². The Labute approximate surface area is 228 Å². The predicted molar refractivity (Wildman–Crippen MR) is 130 cm³/mol. The molecule has 15 heteroatoms. The molecule has 1 amide bonds. The van der Waals surface area contributed by atoms with E-state index in [1.807, 2.05) is 0 Å². The smallest absolute Gasteiger partial charge is 0.430 e. The minimum Gasteiger partial charge on any atom is -0.768 e. The molecule has 1 heterocycles. The van der Waals surface area contributed by atoms with Gasteiger partial charge in [0.15, 0.2) is 0 Å². The summed E-state index contributed by atoms with van der Waals surface area (Å²) in [6, 6.07) is 6.59. The average Bonchev–Trinajstić information content (AvgIpc) is 2.81. The van der Waals surface area contributed by atoms with E-state index >= 15 is 0 Å². The van der Waals surface area contributed by atoms with Crippen molar-refractivity contribution in [3.63, 3.8) is 0 Å². The molecule has 0 saturated heterocycles. The molecular formula is C25H28F7N2O5S-. The number of nitrogens with one attached hydrogen (secondary N) is 2. The molecule has 3 rings (SSSR count). The zero-order chi connectivity index (χ0) is 30.5. The molecule has 0 fully saturated rings. The van der Waals surface area contributed by atoms with Crippen molar-refractivity contribution in [2.24, 2.45) is 0 Å². The highest BCUT2D eigenvalue weighted by Gasteiger charge is 2.71. The molecule has 40 heavy (non-hydrogen) atoms. The van der Waals surface area contributed by atoms with Crippen molar-refractivity contribution in [3.05, 3.63) is 59.4 Å². The lowest BCUT2D eigenvalue weighted by Crippen LogP contribution is -2.54. The second kappa shape index (κ2) is 12.8. The monoisotopic (exact) mass is 601 g/mol. The molecule has 2 unspecified atom stereocenters. The van der Waals surface area contributed by atoms with Crippen LogP contribution in [0, 0.1) is 5.82 Å². The first kappa shape index (κ1) is 33.5. The fraction of sp³-hybridized carbons (Fsp3) is 0.480. The summed E-state index contributed by atoms with van der Waals surface area (Å²) in [5.41, 5.74) is -6.69. The van der Waals surface area contributed by atoms with Gasteiger partial charge in [0.25, 0.3) is 5.60 Å². The van der Waals surface area contributed by atoms with E-state index in [1.54, 1.807) is 13.8 Å². The molecule has 224 valence electrons. The van der Waals surface area contributed by atoms with Crippen LogP contribution >= 0.6 is 0 Å². The number of aryl methyl sites for hydroxylation is 1. The van der Waals surface area contributed by atoms with E-state index in [0.29, 0.717) is 30.7 Å². The van der Waals surface area contributed by atoms with Gasteiger partial charge in [0.2, 0.25) is 5.91 Å². The van der Waals surface area contributed by atoms with E-state index in [-0.39, 0.29) is 41.8 Å². The predicted octanol–water partition coefficient (Wildman–Crippen LogP) is 4.46. The van der Waals surface area contributed by atoms with Crippen molar-refractivity contribution in [3.8, 4) is 0 Å². The average molecular weight is 602 g/mol. The summed E-state index contributed by atoms with van der Waals surface area (Å²) < 4.78 is 111. The lowest BCUT2D eigenvalue weighted by atomic mass is 9.87. The molecule has 2 aromatic carbocycles. The van der Waals surface area contributed by atoms with E-state index in [2.05, 4.69) is 10.6 Å². The third-order valence-corrected chi connectivity index (χ3v) is 6.62.